The molecule has 3 aliphatic rings. The Kier molecular flexibility index (Phi) is 5.62. The maximum absolute atomic E-state index is 12.9. The highest BCUT2D eigenvalue weighted by Gasteiger charge is 2.59. The third-order valence-corrected chi connectivity index (χ3v) is 5.47. The summed E-state index contributed by atoms with van der Waals surface area (Å²) in [6, 6.07) is 0. The predicted molar refractivity (Wildman–Crippen MR) is 104 cm³/mol. The summed E-state index contributed by atoms with van der Waals surface area (Å²) in [7, 11) is 0. The minimum Gasteiger partial charge on any atom is -0.475 e. The van der Waals surface area contributed by atoms with Gasteiger partial charge in [0.15, 0.2) is 12.2 Å². The highest BCUT2D eigenvalue weighted by atomic mass is 16.6. The maximum Gasteiger partial charge on any atom is 0.334 e. The molecule has 0 aliphatic carbocycles. The monoisotopic (exact) mass is 418 g/mol. The van der Waals surface area contributed by atoms with E-state index in [0.29, 0.717) is 5.57 Å². The van der Waals surface area contributed by atoms with Crippen LogP contribution < -0.4 is 0 Å². The van der Waals surface area contributed by atoms with E-state index < -0.39 is 53.5 Å². The van der Waals surface area contributed by atoms with E-state index in [4.69, 9.17) is 18.9 Å². The molecular weight excluding hydrogens is 392 g/mol. The van der Waals surface area contributed by atoms with Crippen molar-refractivity contribution < 1.29 is 38.1 Å². The second-order valence-electron chi connectivity index (χ2n) is 8.44. The van der Waals surface area contributed by atoms with Crippen LogP contribution in [0.1, 0.15) is 41.0 Å². The van der Waals surface area contributed by atoms with Crippen LogP contribution in [0.3, 0.4) is 0 Å². The first-order chi connectivity index (χ1) is 13.9. The second kappa shape index (κ2) is 7.74. The number of hydrogen-bond acceptors (Lipinski definition) is 8. The minimum absolute atomic E-state index is 0.0110. The molecule has 0 aromatic carbocycles. The SMILES string of the molecule is C=C1C(=O)O[C@@H]2/C=C(/C)C3=CC(=O)[C@](C)(O3)[C@H](OC(C)=O)[C@@H](OC(=O)CC(C)C)[C@@H]12. The highest BCUT2D eigenvalue weighted by molar-refractivity contribution is 6.01. The number of allylic oxidation sites excluding steroid dienone is 1. The Labute approximate surface area is 174 Å². The van der Waals surface area contributed by atoms with E-state index in [1.165, 1.54) is 19.9 Å². The van der Waals surface area contributed by atoms with Crippen molar-refractivity contribution in [1.29, 1.82) is 0 Å². The van der Waals surface area contributed by atoms with Gasteiger partial charge in [-0.2, -0.15) is 0 Å². The summed E-state index contributed by atoms with van der Waals surface area (Å²) in [5.41, 5.74) is -0.994. The van der Waals surface area contributed by atoms with Gasteiger partial charge in [-0.05, 0) is 31.4 Å². The first-order valence-electron chi connectivity index (χ1n) is 9.84. The molecule has 0 radical (unpaired) electrons. The van der Waals surface area contributed by atoms with Gasteiger partial charge in [-0.25, -0.2) is 4.79 Å². The molecule has 0 aromatic heterocycles. The van der Waals surface area contributed by atoms with Crippen LogP contribution in [-0.4, -0.2) is 47.6 Å². The number of ketones is 1. The highest BCUT2D eigenvalue weighted by Crippen LogP contribution is 2.43. The molecule has 0 N–H and O–H groups in total. The first-order valence-corrected chi connectivity index (χ1v) is 9.84. The molecule has 3 aliphatic heterocycles. The van der Waals surface area contributed by atoms with E-state index in [1.54, 1.807) is 13.0 Å². The van der Waals surface area contributed by atoms with Gasteiger partial charge in [0.05, 0.1) is 5.92 Å². The number of rotatable bonds is 4. The second-order valence-corrected chi connectivity index (χ2v) is 8.44. The molecule has 1 saturated heterocycles. The largest absolute Gasteiger partial charge is 0.475 e. The van der Waals surface area contributed by atoms with Crippen LogP contribution in [0.2, 0.25) is 0 Å². The van der Waals surface area contributed by atoms with Gasteiger partial charge >= 0.3 is 17.9 Å². The fourth-order valence-corrected chi connectivity index (χ4v) is 3.95. The standard InChI is InChI=1S/C22H26O8/c1-10(2)7-17(25)29-19-18-12(4)21(26)28-15(18)8-11(3)14-9-16(24)22(6,30-14)20(19)27-13(5)23/h8-10,15,18-20H,4,7H2,1-3,5-6H3/b11-8-/t15-,18+,19+,20-,22+/m1/s1. The molecule has 8 nitrogen and oxygen atoms in total. The van der Waals surface area contributed by atoms with Gasteiger partial charge in [-0.15, -0.1) is 0 Å². The van der Waals surface area contributed by atoms with E-state index in [9.17, 15) is 19.2 Å². The summed E-state index contributed by atoms with van der Waals surface area (Å²) >= 11 is 0. The summed E-state index contributed by atoms with van der Waals surface area (Å²) in [5, 5.41) is 0. The Hall–Kier alpha value is -2.90. The number of hydrogen-bond donors (Lipinski definition) is 0. The van der Waals surface area contributed by atoms with Crippen molar-refractivity contribution >= 4 is 23.7 Å². The molecule has 1 fully saturated rings. The topological polar surface area (TPSA) is 105 Å². The average Bonchev–Trinajstić information content (AvgIpc) is 3.07. The Balaban J connectivity index is 2.16. The van der Waals surface area contributed by atoms with Crippen molar-refractivity contribution in [1.82, 2.24) is 0 Å². The fraction of sp³-hybridized carbons (Fsp3) is 0.545. The van der Waals surface area contributed by atoms with Gasteiger partial charge in [0, 0.05) is 25.0 Å². The summed E-state index contributed by atoms with van der Waals surface area (Å²) < 4.78 is 22.6. The zero-order valence-electron chi connectivity index (χ0n) is 17.7. The smallest absolute Gasteiger partial charge is 0.334 e. The van der Waals surface area contributed by atoms with Crippen molar-refractivity contribution in [3.8, 4) is 0 Å². The molecular formula is C22H26O8. The van der Waals surface area contributed by atoms with Gasteiger partial charge in [-0.1, -0.05) is 20.4 Å². The normalized spacial score (nSPS) is 34.5. The molecule has 3 heterocycles. The Morgan fingerprint density at radius 3 is 2.53 bits per heavy atom. The Morgan fingerprint density at radius 1 is 1.27 bits per heavy atom. The van der Waals surface area contributed by atoms with Crippen molar-refractivity contribution in [2.24, 2.45) is 11.8 Å². The van der Waals surface area contributed by atoms with Crippen LogP contribution in [0.15, 0.2) is 35.6 Å². The summed E-state index contributed by atoms with van der Waals surface area (Å²) in [5.74, 6) is -2.87. The van der Waals surface area contributed by atoms with Gasteiger partial charge in [0.1, 0.15) is 11.9 Å². The molecule has 0 unspecified atom stereocenters. The first kappa shape index (κ1) is 21.8. The lowest BCUT2D eigenvalue weighted by Crippen LogP contribution is -2.57. The van der Waals surface area contributed by atoms with Crippen molar-refractivity contribution in [2.75, 3.05) is 0 Å². The van der Waals surface area contributed by atoms with Crippen molar-refractivity contribution in [3.05, 3.63) is 35.6 Å². The summed E-state index contributed by atoms with van der Waals surface area (Å²) in [6.07, 6.45) is -0.307. The molecule has 0 aromatic rings. The van der Waals surface area contributed by atoms with Crippen LogP contribution in [0.5, 0.6) is 0 Å². The van der Waals surface area contributed by atoms with Crippen LogP contribution in [0, 0.1) is 11.8 Å². The van der Waals surface area contributed by atoms with Crippen molar-refractivity contribution in [2.45, 2.75) is 65.0 Å². The molecule has 0 saturated carbocycles. The van der Waals surface area contributed by atoms with Gasteiger partial charge in [-0.3, -0.25) is 14.4 Å². The van der Waals surface area contributed by atoms with Crippen LogP contribution in [0.25, 0.3) is 0 Å². The van der Waals surface area contributed by atoms with E-state index in [0.717, 1.165) is 0 Å². The number of carbonyl (C=O) groups excluding carboxylic acids is 4. The van der Waals surface area contributed by atoms with Crippen molar-refractivity contribution in [3.63, 3.8) is 0 Å². The van der Waals surface area contributed by atoms with E-state index in [2.05, 4.69) is 6.58 Å². The minimum atomic E-state index is -1.64. The maximum atomic E-state index is 12.9. The summed E-state index contributed by atoms with van der Waals surface area (Å²) in [4.78, 5) is 49.8. The van der Waals surface area contributed by atoms with Gasteiger partial charge in [0.25, 0.3) is 0 Å². The fourth-order valence-electron chi connectivity index (χ4n) is 3.95. The zero-order chi connectivity index (χ0) is 22.4. The molecule has 0 amide bonds. The number of esters is 3. The molecule has 3 rings (SSSR count). The predicted octanol–water partition coefficient (Wildman–Crippen LogP) is 2.18. The van der Waals surface area contributed by atoms with Gasteiger partial charge in [0.2, 0.25) is 11.4 Å². The quantitative estimate of drug-likeness (QED) is 0.389. The third-order valence-electron chi connectivity index (χ3n) is 5.47. The molecule has 5 atom stereocenters. The molecule has 2 bridgehead atoms. The van der Waals surface area contributed by atoms with E-state index in [-0.39, 0.29) is 23.7 Å². The molecule has 162 valence electrons. The van der Waals surface area contributed by atoms with Crippen LogP contribution >= 0.6 is 0 Å². The number of ether oxygens (including phenoxy) is 4. The zero-order valence-corrected chi connectivity index (χ0v) is 17.7. The lowest BCUT2D eigenvalue weighted by atomic mass is 9.80. The average molecular weight is 418 g/mol. The van der Waals surface area contributed by atoms with E-state index in [1.807, 2.05) is 13.8 Å². The summed E-state index contributed by atoms with van der Waals surface area (Å²) in [6.45, 7) is 11.9. The Bertz CT molecular complexity index is 880. The molecule has 8 heteroatoms. The number of carbonyl (C=O) groups is 4. The molecule has 0 spiro atoms. The Morgan fingerprint density at radius 2 is 1.93 bits per heavy atom. The third kappa shape index (κ3) is 3.78. The van der Waals surface area contributed by atoms with Crippen LogP contribution in [-0.2, 0) is 38.1 Å². The number of fused-ring (bicyclic) bond motifs is 3. The van der Waals surface area contributed by atoms with Crippen LogP contribution in [0.4, 0.5) is 0 Å². The molecule has 30 heavy (non-hydrogen) atoms. The lowest BCUT2D eigenvalue weighted by molar-refractivity contribution is -0.194. The van der Waals surface area contributed by atoms with E-state index >= 15 is 0 Å². The van der Waals surface area contributed by atoms with Gasteiger partial charge < -0.3 is 18.9 Å². The lowest BCUT2D eigenvalue weighted by Gasteiger charge is -2.38.